The number of H-pyrrole nitrogens is 1. The second-order valence-electron chi connectivity index (χ2n) is 7.07. The first-order chi connectivity index (χ1) is 10.9. The number of nitrogens with one attached hydrogen (secondary N) is 1. The van der Waals surface area contributed by atoms with Gasteiger partial charge in [0.25, 0.3) is 0 Å². The highest BCUT2D eigenvalue weighted by atomic mass is 35.5. The molecule has 1 amide bonds. The summed E-state index contributed by atoms with van der Waals surface area (Å²) < 4.78 is -0.877. The van der Waals surface area contributed by atoms with Crippen LogP contribution < -0.4 is 0 Å². The van der Waals surface area contributed by atoms with Crippen molar-refractivity contribution in [3.63, 3.8) is 0 Å². The molecule has 23 heavy (non-hydrogen) atoms. The van der Waals surface area contributed by atoms with Gasteiger partial charge in [-0.1, -0.05) is 18.2 Å². The number of piperidine rings is 1. The van der Waals surface area contributed by atoms with Gasteiger partial charge in [0.05, 0.1) is 5.41 Å². The van der Waals surface area contributed by atoms with Crippen molar-refractivity contribution in [2.75, 3.05) is 13.1 Å². The van der Waals surface area contributed by atoms with E-state index in [1.807, 2.05) is 17.9 Å². The van der Waals surface area contributed by atoms with E-state index < -0.39 is 9.75 Å². The van der Waals surface area contributed by atoms with Crippen LogP contribution in [-0.4, -0.2) is 33.2 Å². The highest BCUT2D eigenvalue weighted by Gasteiger charge is 2.68. The SMILES string of the molecule is CC1(C(=O)N2CCC(c3c[nH]c4ccccc34)CC2)CC1(Cl)Cl. The molecule has 1 aromatic carbocycles. The maximum Gasteiger partial charge on any atom is 0.231 e. The summed E-state index contributed by atoms with van der Waals surface area (Å²) in [7, 11) is 0. The minimum atomic E-state index is -0.877. The number of hydrogen-bond donors (Lipinski definition) is 1. The molecule has 2 aliphatic rings. The zero-order valence-corrected chi connectivity index (χ0v) is 14.6. The van der Waals surface area contributed by atoms with E-state index in [0.717, 1.165) is 25.9 Å². The molecule has 1 atom stereocenters. The molecule has 5 heteroatoms. The van der Waals surface area contributed by atoms with Crippen molar-refractivity contribution >= 4 is 40.0 Å². The zero-order chi connectivity index (χ0) is 16.2. The van der Waals surface area contributed by atoms with Crippen LogP contribution in [0.4, 0.5) is 0 Å². The summed E-state index contributed by atoms with van der Waals surface area (Å²) in [6, 6.07) is 8.39. The van der Waals surface area contributed by atoms with Crippen LogP contribution in [0.2, 0.25) is 0 Å². The number of fused-ring (bicyclic) bond motifs is 1. The van der Waals surface area contributed by atoms with E-state index in [1.54, 1.807) is 0 Å². The molecule has 0 bridgehead atoms. The normalized spacial score (nSPS) is 27.3. The van der Waals surface area contributed by atoms with E-state index in [1.165, 1.54) is 16.5 Å². The summed E-state index contributed by atoms with van der Waals surface area (Å²) in [5.41, 5.74) is 1.96. The average Bonchev–Trinajstić information content (AvgIpc) is 2.90. The first kappa shape index (κ1) is 15.3. The van der Waals surface area contributed by atoms with Crippen molar-refractivity contribution in [1.29, 1.82) is 0 Å². The minimum absolute atomic E-state index is 0.111. The Bertz CT molecular complexity index is 761. The van der Waals surface area contributed by atoms with Crippen molar-refractivity contribution in [3.8, 4) is 0 Å². The minimum Gasteiger partial charge on any atom is -0.361 e. The summed E-state index contributed by atoms with van der Waals surface area (Å²) in [5, 5.41) is 1.30. The zero-order valence-electron chi connectivity index (χ0n) is 13.1. The Morgan fingerprint density at radius 3 is 2.57 bits per heavy atom. The molecule has 3 nitrogen and oxygen atoms in total. The van der Waals surface area contributed by atoms with Gasteiger partial charge in [-0.15, -0.1) is 23.2 Å². The Labute approximate surface area is 145 Å². The molecule has 0 spiro atoms. The number of aromatic amines is 1. The molecular weight excluding hydrogens is 331 g/mol. The summed E-state index contributed by atoms with van der Waals surface area (Å²) in [5.74, 6) is 0.610. The summed E-state index contributed by atoms with van der Waals surface area (Å²) in [6.45, 7) is 3.44. The number of nitrogens with zero attached hydrogens (tertiary/aromatic N) is 1. The summed E-state index contributed by atoms with van der Waals surface area (Å²) in [6.07, 6.45) is 4.66. The van der Waals surface area contributed by atoms with Crippen molar-refractivity contribution in [2.24, 2.45) is 5.41 Å². The fourth-order valence-electron chi connectivity index (χ4n) is 3.81. The Hall–Kier alpha value is -1.19. The average molecular weight is 351 g/mol. The first-order valence-electron chi connectivity index (χ1n) is 8.16. The van der Waals surface area contributed by atoms with Crippen LogP contribution in [0.15, 0.2) is 30.5 Å². The van der Waals surface area contributed by atoms with Gasteiger partial charge >= 0.3 is 0 Å². The van der Waals surface area contributed by atoms with Crippen molar-refractivity contribution in [3.05, 3.63) is 36.0 Å². The monoisotopic (exact) mass is 350 g/mol. The quantitative estimate of drug-likeness (QED) is 0.797. The second-order valence-corrected chi connectivity index (χ2v) is 8.55. The molecule has 1 unspecified atom stereocenters. The molecule has 1 aromatic heterocycles. The Morgan fingerprint density at radius 2 is 1.91 bits per heavy atom. The van der Waals surface area contributed by atoms with E-state index in [0.29, 0.717) is 12.3 Å². The highest BCUT2D eigenvalue weighted by Crippen LogP contribution is 2.64. The van der Waals surface area contributed by atoms with Gasteiger partial charge in [0.1, 0.15) is 4.33 Å². The number of benzene rings is 1. The third-order valence-corrected chi connectivity index (χ3v) is 6.67. The lowest BCUT2D eigenvalue weighted by molar-refractivity contribution is -0.137. The standard InChI is InChI=1S/C18H20Cl2N2O/c1-17(11-18(17,19)20)16(23)22-8-6-12(7-9-22)14-10-21-15-5-3-2-4-13(14)15/h2-5,10,12,21H,6-9,11H2,1H3. The topological polar surface area (TPSA) is 36.1 Å². The smallest absolute Gasteiger partial charge is 0.231 e. The summed E-state index contributed by atoms with van der Waals surface area (Å²) in [4.78, 5) is 17.9. The predicted octanol–water partition coefficient (Wildman–Crippen LogP) is 4.46. The van der Waals surface area contributed by atoms with Crippen LogP contribution in [0.1, 0.15) is 37.7 Å². The Morgan fingerprint density at radius 1 is 1.26 bits per heavy atom. The number of hydrogen-bond acceptors (Lipinski definition) is 1. The van der Waals surface area contributed by atoms with Crippen LogP contribution in [0.25, 0.3) is 10.9 Å². The fourth-order valence-corrected chi connectivity index (χ4v) is 4.50. The number of likely N-dealkylation sites (tertiary alicyclic amines) is 1. The van der Waals surface area contributed by atoms with Gasteiger partial charge in [-0.2, -0.15) is 0 Å². The second kappa shape index (κ2) is 5.15. The first-order valence-corrected chi connectivity index (χ1v) is 8.91. The molecule has 2 aromatic rings. The number of rotatable bonds is 2. The van der Waals surface area contributed by atoms with Crippen LogP contribution in [0.3, 0.4) is 0 Å². The largest absolute Gasteiger partial charge is 0.361 e. The van der Waals surface area contributed by atoms with Gasteiger partial charge in [0.2, 0.25) is 5.91 Å². The molecule has 1 N–H and O–H groups in total. The lowest BCUT2D eigenvalue weighted by Crippen LogP contribution is -2.42. The fraction of sp³-hybridized carbons (Fsp3) is 0.500. The summed E-state index contributed by atoms with van der Waals surface area (Å²) >= 11 is 12.3. The Kier molecular flexibility index (Phi) is 3.44. The third-order valence-electron chi connectivity index (χ3n) is 5.57. The number of alkyl halides is 2. The van der Waals surface area contributed by atoms with Crippen LogP contribution in [0.5, 0.6) is 0 Å². The highest BCUT2D eigenvalue weighted by molar-refractivity contribution is 6.53. The van der Waals surface area contributed by atoms with Gasteiger partial charge in [-0.3, -0.25) is 4.79 Å². The molecule has 122 valence electrons. The van der Waals surface area contributed by atoms with Crippen molar-refractivity contribution < 1.29 is 4.79 Å². The van der Waals surface area contributed by atoms with E-state index in [2.05, 4.69) is 29.4 Å². The molecule has 4 rings (SSSR count). The van der Waals surface area contributed by atoms with Gasteiger partial charge in [0.15, 0.2) is 0 Å². The number of amides is 1. The molecule has 2 fully saturated rings. The van der Waals surface area contributed by atoms with E-state index in [9.17, 15) is 4.79 Å². The maximum absolute atomic E-state index is 12.7. The number of carbonyl (C=O) groups excluding carboxylic acids is 1. The predicted molar refractivity (Wildman–Crippen MR) is 94.0 cm³/mol. The van der Waals surface area contributed by atoms with Crippen LogP contribution >= 0.6 is 23.2 Å². The number of aromatic nitrogens is 1. The Balaban J connectivity index is 1.46. The van der Waals surface area contributed by atoms with Gasteiger partial charge < -0.3 is 9.88 Å². The lowest BCUT2D eigenvalue weighted by Gasteiger charge is -2.34. The molecule has 2 heterocycles. The molecule has 1 aliphatic heterocycles. The molecule has 0 radical (unpaired) electrons. The third kappa shape index (κ3) is 2.36. The van der Waals surface area contributed by atoms with Crippen LogP contribution in [-0.2, 0) is 4.79 Å². The van der Waals surface area contributed by atoms with E-state index in [-0.39, 0.29) is 5.91 Å². The van der Waals surface area contributed by atoms with Gasteiger partial charge in [0, 0.05) is 30.2 Å². The van der Waals surface area contributed by atoms with Gasteiger partial charge in [-0.25, -0.2) is 0 Å². The molecule has 1 saturated heterocycles. The van der Waals surface area contributed by atoms with Gasteiger partial charge in [-0.05, 0) is 43.7 Å². The lowest BCUT2D eigenvalue weighted by atomic mass is 9.88. The molecule has 1 saturated carbocycles. The number of halogens is 2. The van der Waals surface area contributed by atoms with E-state index >= 15 is 0 Å². The molecule has 1 aliphatic carbocycles. The molecular formula is C18H20Cl2N2O. The van der Waals surface area contributed by atoms with Crippen molar-refractivity contribution in [2.45, 2.75) is 36.4 Å². The maximum atomic E-state index is 12.7. The number of carbonyl (C=O) groups is 1. The number of para-hydroxylation sites is 1. The van der Waals surface area contributed by atoms with E-state index in [4.69, 9.17) is 23.2 Å². The van der Waals surface area contributed by atoms with Crippen LogP contribution in [0, 0.1) is 5.41 Å². The van der Waals surface area contributed by atoms with Crippen molar-refractivity contribution in [1.82, 2.24) is 9.88 Å².